The van der Waals surface area contributed by atoms with Gasteiger partial charge in [0.25, 0.3) is 5.56 Å². The zero-order valence-corrected chi connectivity index (χ0v) is 18.6. The molecule has 5 atom stereocenters. The van der Waals surface area contributed by atoms with Crippen LogP contribution in [0, 0.1) is 0 Å². The van der Waals surface area contributed by atoms with Crippen LogP contribution in [0.3, 0.4) is 0 Å². The van der Waals surface area contributed by atoms with Crippen molar-refractivity contribution < 1.29 is 32.8 Å². The number of carbonyl (C=O) groups is 1. The zero-order chi connectivity index (χ0) is 20.1. The Kier molecular flexibility index (Phi) is 6.51. The standard InChI is InChI=1S/C14H18N5O8P.Na/c1-2-3-7(20)26-10-9-6(4-24-28(22,23)27-9)25-13(10)19-5-16-8-11(19)17-14(15)18-12(8)21;/h5-6,9-10,13H,2-4H2,1H3,(H,22,23)(H3,15,17,18,21);. The van der Waals surface area contributed by atoms with Crippen molar-refractivity contribution in [1.29, 1.82) is 0 Å². The number of rotatable bonds is 4. The third-order valence-corrected chi connectivity index (χ3v) is 5.37. The summed E-state index contributed by atoms with van der Waals surface area (Å²) in [6.45, 7) is 1.57. The van der Waals surface area contributed by atoms with E-state index in [0.29, 0.717) is 6.42 Å². The Balaban J connectivity index is 0.00000240. The van der Waals surface area contributed by atoms with Crippen LogP contribution in [-0.4, -0.2) is 84.9 Å². The normalized spacial score (nSPS) is 31.2. The number of anilines is 1. The fraction of sp³-hybridized carbons (Fsp3) is 0.571. The van der Waals surface area contributed by atoms with Crippen molar-refractivity contribution >= 4 is 60.5 Å². The Morgan fingerprint density at radius 1 is 1.55 bits per heavy atom. The van der Waals surface area contributed by atoms with E-state index in [1.165, 1.54) is 10.9 Å². The summed E-state index contributed by atoms with van der Waals surface area (Å²) in [5.41, 5.74) is 5.18. The van der Waals surface area contributed by atoms with E-state index in [2.05, 4.69) is 15.0 Å². The van der Waals surface area contributed by atoms with Gasteiger partial charge >= 0.3 is 13.8 Å². The number of aromatic amines is 1. The van der Waals surface area contributed by atoms with Gasteiger partial charge in [0.1, 0.15) is 12.2 Å². The maximum Gasteiger partial charge on any atom is 0.472 e. The molecule has 2 saturated heterocycles. The molecule has 0 saturated carbocycles. The molecule has 2 aromatic rings. The fourth-order valence-corrected chi connectivity index (χ4v) is 4.17. The van der Waals surface area contributed by atoms with E-state index in [1.54, 1.807) is 0 Å². The number of H-pyrrole nitrogens is 1. The van der Waals surface area contributed by atoms with Crippen molar-refractivity contribution in [2.45, 2.75) is 44.3 Å². The second-order valence-corrected chi connectivity index (χ2v) is 7.79. The molecule has 153 valence electrons. The van der Waals surface area contributed by atoms with E-state index in [4.69, 9.17) is 24.3 Å². The molecular formula is C14H18N5NaO8P. The smallest absolute Gasteiger partial charge is 0.455 e. The average Bonchev–Trinajstić information content (AvgIpc) is 3.16. The maximum atomic E-state index is 12.1. The van der Waals surface area contributed by atoms with E-state index in [1.807, 2.05) is 6.92 Å². The largest absolute Gasteiger partial charge is 0.472 e. The van der Waals surface area contributed by atoms with Crippen LogP contribution >= 0.6 is 7.82 Å². The molecule has 5 unspecified atom stereocenters. The number of imidazole rings is 1. The van der Waals surface area contributed by atoms with E-state index in [-0.39, 0.29) is 59.7 Å². The SMILES string of the molecule is CCCC(=O)OC1C2OP(=O)(O)OCC2OC1n1cnc2c(=O)[nH]c(N)nc21.[Na]. The summed E-state index contributed by atoms with van der Waals surface area (Å²) in [4.78, 5) is 44.2. The minimum Gasteiger partial charge on any atom is -0.455 e. The number of esters is 1. The number of hydrogen-bond acceptors (Lipinski definition) is 10. The Morgan fingerprint density at radius 2 is 2.31 bits per heavy atom. The van der Waals surface area contributed by atoms with Crippen molar-refractivity contribution in [2.75, 3.05) is 12.3 Å². The van der Waals surface area contributed by atoms with Gasteiger partial charge in [0.15, 0.2) is 23.5 Å². The van der Waals surface area contributed by atoms with Crippen LogP contribution in [0.5, 0.6) is 0 Å². The summed E-state index contributed by atoms with van der Waals surface area (Å²) in [6, 6.07) is 0. The Morgan fingerprint density at radius 3 is 3.03 bits per heavy atom. The monoisotopic (exact) mass is 438 g/mol. The topological polar surface area (TPSA) is 181 Å². The van der Waals surface area contributed by atoms with Gasteiger partial charge in [-0.15, -0.1) is 0 Å². The number of ether oxygens (including phenoxy) is 2. The van der Waals surface area contributed by atoms with Crippen molar-refractivity contribution in [3.8, 4) is 0 Å². The van der Waals surface area contributed by atoms with Crippen molar-refractivity contribution in [1.82, 2.24) is 19.5 Å². The third kappa shape index (κ3) is 4.28. The molecule has 1 radical (unpaired) electrons. The first kappa shape index (κ1) is 22.4. The molecule has 0 spiro atoms. The average molecular weight is 438 g/mol. The molecule has 2 fully saturated rings. The summed E-state index contributed by atoms with van der Waals surface area (Å²) in [7, 11) is -4.31. The van der Waals surface area contributed by atoms with Gasteiger partial charge in [0, 0.05) is 36.0 Å². The minimum absolute atomic E-state index is 0. The van der Waals surface area contributed by atoms with E-state index >= 15 is 0 Å². The van der Waals surface area contributed by atoms with Gasteiger partial charge in [0.2, 0.25) is 5.95 Å². The van der Waals surface area contributed by atoms with Crippen molar-refractivity contribution in [3.63, 3.8) is 0 Å². The molecule has 4 N–H and O–H groups in total. The Labute approximate surface area is 185 Å². The number of phosphoric ester groups is 1. The van der Waals surface area contributed by atoms with Crippen LogP contribution in [0.1, 0.15) is 26.0 Å². The van der Waals surface area contributed by atoms with Crippen LogP contribution in [0.25, 0.3) is 11.2 Å². The van der Waals surface area contributed by atoms with E-state index in [0.717, 1.165) is 0 Å². The Hall–Kier alpha value is -1.31. The molecule has 15 heteroatoms. The van der Waals surface area contributed by atoms with Crippen LogP contribution in [-0.2, 0) is 27.9 Å². The van der Waals surface area contributed by atoms with Crippen LogP contribution < -0.4 is 11.3 Å². The third-order valence-electron chi connectivity index (χ3n) is 4.39. The molecular weight excluding hydrogens is 420 g/mol. The second-order valence-electron chi connectivity index (χ2n) is 6.38. The predicted molar refractivity (Wildman–Crippen MR) is 97.7 cm³/mol. The minimum atomic E-state index is -4.31. The predicted octanol–water partition coefficient (Wildman–Crippen LogP) is -0.554. The van der Waals surface area contributed by atoms with E-state index < -0.39 is 43.9 Å². The molecule has 2 aliphatic heterocycles. The van der Waals surface area contributed by atoms with Gasteiger partial charge in [-0.05, 0) is 6.42 Å². The van der Waals surface area contributed by atoms with Gasteiger partial charge < -0.3 is 20.1 Å². The van der Waals surface area contributed by atoms with Gasteiger partial charge in [-0.1, -0.05) is 6.92 Å². The van der Waals surface area contributed by atoms with Gasteiger partial charge in [0.05, 0.1) is 12.9 Å². The molecule has 4 heterocycles. The summed E-state index contributed by atoms with van der Waals surface area (Å²) in [6.07, 6.45) is -1.96. The molecule has 2 aliphatic rings. The number of aromatic nitrogens is 4. The van der Waals surface area contributed by atoms with Crippen molar-refractivity contribution in [3.05, 3.63) is 16.7 Å². The van der Waals surface area contributed by atoms with E-state index in [9.17, 15) is 19.0 Å². The fourth-order valence-electron chi connectivity index (χ4n) is 3.21. The first-order chi connectivity index (χ1) is 13.3. The molecule has 0 aliphatic carbocycles. The zero-order valence-electron chi connectivity index (χ0n) is 15.7. The quantitative estimate of drug-likeness (QED) is 0.316. The molecule has 29 heavy (non-hydrogen) atoms. The van der Waals surface area contributed by atoms with Gasteiger partial charge in [-0.25, -0.2) is 9.55 Å². The second kappa shape index (κ2) is 8.44. The first-order valence-electron chi connectivity index (χ1n) is 8.52. The van der Waals surface area contributed by atoms with Crippen LogP contribution in [0.15, 0.2) is 11.1 Å². The molecule has 0 amide bonds. The number of nitrogens with two attached hydrogens (primary N) is 1. The number of carbonyl (C=O) groups excluding carboxylic acids is 1. The van der Waals surface area contributed by atoms with Crippen LogP contribution in [0.2, 0.25) is 0 Å². The summed E-state index contributed by atoms with van der Waals surface area (Å²) in [5.74, 6) is -0.659. The number of nitrogens with one attached hydrogen (secondary N) is 1. The number of fused-ring (bicyclic) bond motifs is 2. The first-order valence-corrected chi connectivity index (χ1v) is 10.0. The van der Waals surface area contributed by atoms with Gasteiger partial charge in [-0.3, -0.25) is 28.2 Å². The molecule has 13 nitrogen and oxygen atoms in total. The number of nitrogen functional groups attached to an aromatic ring is 1. The molecule has 0 bridgehead atoms. The molecule has 0 aromatic carbocycles. The number of phosphoric acid groups is 1. The summed E-state index contributed by atoms with van der Waals surface area (Å²) >= 11 is 0. The van der Waals surface area contributed by atoms with Gasteiger partial charge in [-0.2, -0.15) is 4.98 Å². The summed E-state index contributed by atoms with van der Waals surface area (Å²) in [5, 5.41) is 0. The van der Waals surface area contributed by atoms with Crippen LogP contribution in [0.4, 0.5) is 5.95 Å². The molecule has 2 aromatic heterocycles. The number of hydrogen-bond donors (Lipinski definition) is 3. The molecule has 4 rings (SSSR count). The maximum absolute atomic E-state index is 12.1. The Bertz CT molecular complexity index is 1030. The summed E-state index contributed by atoms with van der Waals surface area (Å²) < 4.78 is 34.5. The van der Waals surface area contributed by atoms with Crippen molar-refractivity contribution in [2.24, 2.45) is 0 Å². The number of nitrogens with zero attached hydrogens (tertiary/aromatic N) is 3.